The average Bonchev–Trinajstić information content (AvgIpc) is 2.63. The Morgan fingerprint density at radius 3 is 1.88 bits per heavy atom. The van der Waals surface area contributed by atoms with E-state index in [-0.39, 0.29) is 11.7 Å². The molecule has 0 unspecified atom stereocenters. The van der Waals surface area contributed by atoms with Crippen molar-refractivity contribution in [3.63, 3.8) is 0 Å². The molecule has 3 heteroatoms. The zero-order chi connectivity index (χ0) is 16.9. The number of nitrogens with zero attached hydrogens (tertiary/aromatic N) is 1. The summed E-state index contributed by atoms with van der Waals surface area (Å²) in [6.45, 7) is 1.50. The molecule has 0 heterocycles. The molecule has 0 bridgehead atoms. The van der Waals surface area contributed by atoms with Crippen LogP contribution in [0.2, 0.25) is 0 Å². The van der Waals surface area contributed by atoms with E-state index in [2.05, 4.69) is 0 Å². The number of ketones is 1. The molecular weight excluding hydrogens is 298 g/mol. The molecule has 0 aliphatic carbocycles. The van der Waals surface area contributed by atoms with Gasteiger partial charge in [0.2, 0.25) is 5.91 Å². The predicted octanol–water partition coefficient (Wildman–Crippen LogP) is 4.60. The van der Waals surface area contributed by atoms with Gasteiger partial charge in [0.25, 0.3) is 0 Å². The van der Waals surface area contributed by atoms with Crippen LogP contribution in [-0.4, -0.2) is 11.7 Å². The summed E-state index contributed by atoms with van der Waals surface area (Å²) in [5, 5.41) is 0. The van der Waals surface area contributed by atoms with Crippen LogP contribution in [0.1, 0.15) is 22.8 Å². The molecule has 0 radical (unpaired) electrons. The summed E-state index contributed by atoms with van der Waals surface area (Å²) in [5.41, 5.74) is 2.42. The van der Waals surface area contributed by atoms with Crippen molar-refractivity contribution in [2.24, 2.45) is 0 Å². The Labute approximate surface area is 141 Å². The van der Waals surface area contributed by atoms with Gasteiger partial charge in [0.05, 0.1) is 5.69 Å². The third-order valence-corrected chi connectivity index (χ3v) is 3.75. The summed E-state index contributed by atoms with van der Waals surface area (Å²) in [4.78, 5) is 26.7. The topological polar surface area (TPSA) is 37.4 Å². The van der Waals surface area contributed by atoms with Crippen molar-refractivity contribution >= 4 is 23.1 Å². The number of carbonyl (C=O) groups is 2. The molecule has 0 aromatic heterocycles. The Morgan fingerprint density at radius 1 is 0.708 bits per heavy atom. The van der Waals surface area contributed by atoms with Crippen molar-refractivity contribution in [2.45, 2.75) is 6.92 Å². The summed E-state index contributed by atoms with van der Waals surface area (Å²) in [5.74, 6) is -0.247. The van der Waals surface area contributed by atoms with Gasteiger partial charge in [0, 0.05) is 23.7 Å². The number of rotatable bonds is 4. The highest BCUT2D eigenvalue weighted by Gasteiger charge is 2.21. The minimum atomic E-state index is -0.144. The fourth-order valence-corrected chi connectivity index (χ4v) is 2.67. The number of anilines is 2. The monoisotopic (exact) mass is 315 g/mol. The first kappa shape index (κ1) is 15.7. The standard InChI is InChI=1S/C21H17NO2/c1-16(23)22(18-12-6-3-7-13-18)20-15-9-8-14-19(20)21(24)17-10-4-2-5-11-17/h2-15H,1H3. The number of para-hydroxylation sites is 2. The molecule has 0 atom stereocenters. The first-order valence-electron chi connectivity index (χ1n) is 7.73. The van der Waals surface area contributed by atoms with E-state index in [1.54, 1.807) is 29.2 Å². The lowest BCUT2D eigenvalue weighted by Crippen LogP contribution is -2.24. The molecule has 0 aliphatic heterocycles. The molecule has 0 aliphatic rings. The Balaban J connectivity index is 2.11. The highest BCUT2D eigenvalue weighted by atomic mass is 16.2. The number of benzene rings is 3. The van der Waals surface area contributed by atoms with Crippen molar-refractivity contribution in [3.8, 4) is 0 Å². The van der Waals surface area contributed by atoms with Crippen LogP contribution in [0.15, 0.2) is 84.9 Å². The van der Waals surface area contributed by atoms with Gasteiger partial charge in [-0.2, -0.15) is 0 Å². The molecule has 1 amide bonds. The zero-order valence-corrected chi connectivity index (χ0v) is 13.3. The van der Waals surface area contributed by atoms with E-state index in [0.717, 1.165) is 5.69 Å². The van der Waals surface area contributed by atoms with E-state index in [0.29, 0.717) is 16.8 Å². The molecule has 3 nitrogen and oxygen atoms in total. The fourth-order valence-electron chi connectivity index (χ4n) is 2.67. The smallest absolute Gasteiger partial charge is 0.228 e. The third kappa shape index (κ3) is 3.10. The Morgan fingerprint density at radius 2 is 1.25 bits per heavy atom. The molecule has 0 N–H and O–H groups in total. The van der Waals surface area contributed by atoms with Crippen molar-refractivity contribution in [3.05, 3.63) is 96.1 Å². The molecule has 3 rings (SSSR count). The van der Waals surface area contributed by atoms with E-state index < -0.39 is 0 Å². The van der Waals surface area contributed by atoms with Gasteiger partial charge in [-0.05, 0) is 24.3 Å². The molecule has 118 valence electrons. The molecule has 3 aromatic rings. The van der Waals surface area contributed by atoms with Crippen LogP contribution in [0.4, 0.5) is 11.4 Å². The maximum absolute atomic E-state index is 12.9. The van der Waals surface area contributed by atoms with Crippen LogP contribution < -0.4 is 4.90 Å². The van der Waals surface area contributed by atoms with Gasteiger partial charge in [-0.1, -0.05) is 60.7 Å². The number of carbonyl (C=O) groups excluding carboxylic acids is 2. The fraction of sp³-hybridized carbons (Fsp3) is 0.0476. The van der Waals surface area contributed by atoms with Crippen LogP contribution in [-0.2, 0) is 4.79 Å². The van der Waals surface area contributed by atoms with Crippen molar-refractivity contribution in [1.29, 1.82) is 0 Å². The van der Waals surface area contributed by atoms with Crippen LogP contribution in [0.5, 0.6) is 0 Å². The van der Waals surface area contributed by atoms with Gasteiger partial charge in [0.15, 0.2) is 5.78 Å². The molecule has 0 saturated carbocycles. The van der Waals surface area contributed by atoms with Gasteiger partial charge in [-0.25, -0.2) is 0 Å². The summed E-state index contributed by atoms with van der Waals surface area (Å²) < 4.78 is 0. The SMILES string of the molecule is CC(=O)N(c1ccccc1)c1ccccc1C(=O)c1ccccc1. The van der Waals surface area contributed by atoms with E-state index in [1.807, 2.05) is 60.7 Å². The van der Waals surface area contributed by atoms with E-state index in [9.17, 15) is 9.59 Å². The minimum Gasteiger partial charge on any atom is -0.289 e. The maximum atomic E-state index is 12.9. The van der Waals surface area contributed by atoms with Gasteiger partial charge in [-0.3, -0.25) is 14.5 Å². The lowest BCUT2D eigenvalue weighted by molar-refractivity contribution is -0.115. The molecule has 0 spiro atoms. The molecule has 24 heavy (non-hydrogen) atoms. The normalized spacial score (nSPS) is 10.2. The second-order valence-electron chi connectivity index (χ2n) is 5.40. The van der Waals surface area contributed by atoms with Gasteiger partial charge in [0.1, 0.15) is 0 Å². The molecule has 0 fully saturated rings. The largest absolute Gasteiger partial charge is 0.289 e. The summed E-state index contributed by atoms with van der Waals surface area (Å²) >= 11 is 0. The number of hydrogen-bond donors (Lipinski definition) is 0. The summed E-state index contributed by atoms with van der Waals surface area (Å²) in [6, 6.07) is 25.6. The second-order valence-corrected chi connectivity index (χ2v) is 5.40. The molecular formula is C21H17NO2. The predicted molar refractivity (Wildman–Crippen MR) is 95.6 cm³/mol. The molecule has 3 aromatic carbocycles. The van der Waals surface area contributed by atoms with Gasteiger partial charge in [-0.15, -0.1) is 0 Å². The van der Waals surface area contributed by atoms with Crippen LogP contribution in [0.25, 0.3) is 0 Å². The van der Waals surface area contributed by atoms with Crippen LogP contribution >= 0.6 is 0 Å². The Bertz CT molecular complexity index is 857. The van der Waals surface area contributed by atoms with Crippen molar-refractivity contribution in [2.75, 3.05) is 4.90 Å². The Kier molecular flexibility index (Phi) is 4.52. The Hall–Kier alpha value is -3.20. The van der Waals surface area contributed by atoms with Crippen molar-refractivity contribution in [1.82, 2.24) is 0 Å². The van der Waals surface area contributed by atoms with Crippen LogP contribution in [0.3, 0.4) is 0 Å². The van der Waals surface area contributed by atoms with Gasteiger partial charge >= 0.3 is 0 Å². The van der Waals surface area contributed by atoms with Crippen molar-refractivity contribution < 1.29 is 9.59 Å². The minimum absolute atomic E-state index is 0.103. The maximum Gasteiger partial charge on any atom is 0.228 e. The number of hydrogen-bond acceptors (Lipinski definition) is 2. The second kappa shape index (κ2) is 6.92. The van der Waals surface area contributed by atoms with E-state index in [4.69, 9.17) is 0 Å². The summed E-state index contributed by atoms with van der Waals surface area (Å²) in [6.07, 6.45) is 0. The van der Waals surface area contributed by atoms with E-state index >= 15 is 0 Å². The average molecular weight is 315 g/mol. The highest BCUT2D eigenvalue weighted by molar-refractivity contribution is 6.15. The van der Waals surface area contributed by atoms with Gasteiger partial charge < -0.3 is 0 Å². The lowest BCUT2D eigenvalue weighted by atomic mass is 10.0. The van der Waals surface area contributed by atoms with E-state index in [1.165, 1.54) is 6.92 Å². The third-order valence-electron chi connectivity index (χ3n) is 3.75. The zero-order valence-electron chi connectivity index (χ0n) is 13.3. The quantitative estimate of drug-likeness (QED) is 0.660. The number of amides is 1. The molecule has 0 saturated heterocycles. The first-order valence-corrected chi connectivity index (χ1v) is 7.73. The lowest BCUT2D eigenvalue weighted by Gasteiger charge is -2.23. The highest BCUT2D eigenvalue weighted by Crippen LogP contribution is 2.30. The first-order chi connectivity index (χ1) is 11.7. The van der Waals surface area contributed by atoms with Crippen LogP contribution in [0, 0.1) is 0 Å². The summed E-state index contributed by atoms with van der Waals surface area (Å²) in [7, 11) is 0.